The van der Waals surface area contributed by atoms with E-state index in [-0.39, 0.29) is 6.61 Å². The van der Waals surface area contributed by atoms with Crippen molar-refractivity contribution in [1.82, 2.24) is 0 Å². The van der Waals surface area contributed by atoms with Gasteiger partial charge in [0.25, 0.3) is 0 Å². The van der Waals surface area contributed by atoms with Crippen LogP contribution in [0.4, 0.5) is 0 Å². The van der Waals surface area contributed by atoms with E-state index in [0.717, 1.165) is 22.2 Å². The first-order valence-electron chi connectivity index (χ1n) is 4.30. The van der Waals surface area contributed by atoms with Gasteiger partial charge < -0.3 is 9.84 Å². The average molecular weight is 245 g/mol. The molecule has 0 fully saturated rings. The number of aliphatic hydroxyl groups is 1. The molecule has 1 aromatic rings. The lowest BCUT2D eigenvalue weighted by Gasteiger charge is -2.09. The SMILES string of the molecule is CCCOc1ccc(Br)cc1CO. The highest BCUT2D eigenvalue weighted by Gasteiger charge is 2.02. The zero-order valence-corrected chi connectivity index (χ0v) is 9.17. The topological polar surface area (TPSA) is 29.5 Å². The number of aliphatic hydroxyl groups excluding tert-OH is 1. The van der Waals surface area contributed by atoms with E-state index >= 15 is 0 Å². The van der Waals surface area contributed by atoms with Crippen LogP contribution < -0.4 is 4.74 Å². The van der Waals surface area contributed by atoms with Gasteiger partial charge in [-0.1, -0.05) is 22.9 Å². The molecule has 72 valence electrons. The molecule has 0 aliphatic rings. The Labute approximate surface area is 86.7 Å². The van der Waals surface area contributed by atoms with Gasteiger partial charge in [-0.05, 0) is 24.6 Å². The van der Waals surface area contributed by atoms with E-state index in [1.165, 1.54) is 0 Å². The largest absolute Gasteiger partial charge is 0.493 e. The molecule has 0 radical (unpaired) electrons. The Bertz CT molecular complexity index is 274. The lowest BCUT2D eigenvalue weighted by atomic mass is 10.2. The van der Waals surface area contributed by atoms with E-state index in [1.807, 2.05) is 18.2 Å². The molecule has 3 heteroatoms. The molecule has 0 heterocycles. The molecule has 0 amide bonds. The summed E-state index contributed by atoms with van der Waals surface area (Å²) in [6, 6.07) is 5.64. The highest BCUT2D eigenvalue weighted by Crippen LogP contribution is 2.23. The monoisotopic (exact) mass is 244 g/mol. The van der Waals surface area contributed by atoms with Gasteiger partial charge in [-0.2, -0.15) is 0 Å². The van der Waals surface area contributed by atoms with Crippen molar-refractivity contribution in [2.75, 3.05) is 6.61 Å². The van der Waals surface area contributed by atoms with Crippen LogP contribution in [0.15, 0.2) is 22.7 Å². The quantitative estimate of drug-likeness (QED) is 0.883. The predicted octanol–water partition coefficient (Wildman–Crippen LogP) is 2.73. The van der Waals surface area contributed by atoms with Crippen LogP contribution in [0.1, 0.15) is 18.9 Å². The van der Waals surface area contributed by atoms with Crippen LogP contribution in [-0.4, -0.2) is 11.7 Å². The van der Waals surface area contributed by atoms with Crippen LogP contribution in [0.25, 0.3) is 0 Å². The van der Waals surface area contributed by atoms with Crippen molar-refractivity contribution in [3.05, 3.63) is 28.2 Å². The smallest absolute Gasteiger partial charge is 0.124 e. The zero-order chi connectivity index (χ0) is 9.68. The van der Waals surface area contributed by atoms with Gasteiger partial charge in [-0.25, -0.2) is 0 Å². The average Bonchev–Trinajstić information content (AvgIpc) is 2.16. The normalized spacial score (nSPS) is 10.1. The fraction of sp³-hybridized carbons (Fsp3) is 0.400. The minimum absolute atomic E-state index is 0.0124. The van der Waals surface area contributed by atoms with Crippen LogP contribution >= 0.6 is 15.9 Å². The molecule has 0 aliphatic heterocycles. The van der Waals surface area contributed by atoms with E-state index in [2.05, 4.69) is 22.9 Å². The van der Waals surface area contributed by atoms with Crippen molar-refractivity contribution in [2.45, 2.75) is 20.0 Å². The highest BCUT2D eigenvalue weighted by atomic mass is 79.9. The maximum absolute atomic E-state index is 9.04. The van der Waals surface area contributed by atoms with Crippen LogP contribution in [0.5, 0.6) is 5.75 Å². The van der Waals surface area contributed by atoms with Gasteiger partial charge >= 0.3 is 0 Å². The summed E-state index contributed by atoms with van der Waals surface area (Å²) < 4.78 is 6.41. The molecule has 0 unspecified atom stereocenters. The Kier molecular flexibility index (Phi) is 4.25. The van der Waals surface area contributed by atoms with Gasteiger partial charge in [0.15, 0.2) is 0 Å². The van der Waals surface area contributed by atoms with Crippen molar-refractivity contribution < 1.29 is 9.84 Å². The summed E-state index contributed by atoms with van der Waals surface area (Å²) in [5.41, 5.74) is 0.822. The Morgan fingerprint density at radius 1 is 1.46 bits per heavy atom. The summed E-state index contributed by atoms with van der Waals surface area (Å²) in [4.78, 5) is 0. The van der Waals surface area contributed by atoms with Crippen LogP contribution in [0.3, 0.4) is 0 Å². The third-order valence-electron chi connectivity index (χ3n) is 1.65. The van der Waals surface area contributed by atoms with Gasteiger partial charge in [0.1, 0.15) is 5.75 Å². The maximum Gasteiger partial charge on any atom is 0.124 e. The number of rotatable bonds is 4. The summed E-state index contributed by atoms with van der Waals surface area (Å²) in [6.45, 7) is 2.75. The molecule has 0 saturated heterocycles. The number of ether oxygens (including phenoxy) is 1. The molecule has 2 nitrogen and oxygen atoms in total. The summed E-state index contributed by atoms with van der Waals surface area (Å²) in [5, 5.41) is 9.04. The van der Waals surface area contributed by atoms with Gasteiger partial charge in [0, 0.05) is 10.0 Å². The maximum atomic E-state index is 9.04. The van der Waals surface area contributed by atoms with Gasteiger partial charge in [0.2, 0.25) is 0 Å². The lowest BCUT2D eigenvalue weighted by Crippen LogP contribution is -1.98. The van der Waals surface area contributed by atoms with E-state index in [9.17, 15) is 0 Å². The van der Waals surface area contributed by atoms with Crippen LogP contribution in [0.2, 0.25) is 0 Å². The van der Waals surface area contributed by atoms with E-state index < -0.39 is 0 Å². The van der Waals surface area contributed by atoms with Crippen LogP contribution in [-0.2, 0) is 6.61 Å². The Balaban J connectivity index is 2.79. The highest BCUT2D eigenvalue weighted by molar-refractivity contribution is 9.10. The Morgan fingerprint density at radius 2 is 2.23 bits per heavy atom. The standard InChI is InChI=1S/C10H13BrO2/c1-2-5-13-10-4-3-9(11)6-8(10)7-12/h3-4,6,12H,2,5,7H2,1H3. The molecule has 0 aromatic heterocycles. The molecule has 1 N–H and O–H groups in total. The lowest BCUT2D eigenvalue weighted by molar-refractivity contribution is 0.262. The second-order valence-corrected chi connectivity index (χ2v) is 3.67. The molecule has 0 spiro atoms. The van der Waals surface area contributed by atoms with E-state index in [4.69, 9.17) is 9.84 Å². The second kappa shape index (κ2) is 5.25. The predicted molar refractivity (Wildman–Crippen MR) is 55.9 cm³/mol. The fourth-order valence-electron chi connectivity index (χ4n) is 1.02. The van der Waals surface area contributed by atoms with E-state index in [0.29, 0.717) is 6.61 Å². The van der Waals surface area contributed by atoms with Crippen molar-refractivity contribution in [3.63, 3.8) is 0 Å². The molecule has 0 bridgehead atoms. The van der Waals surface area contributed by atoms with Gasteiger partial charge in [-0.3, -0.25) is 0 Å². The number of benzene rings is 1. The molecule has 1 aromatic carbocycles. The summed E-state index contributed by atoms with van der Waals surface area (Å²) in [7, 11) is 0. The molecule has 0 atom stereocenters. The first-order chi connectivity index (χ1) is 6.27. The van der Waals surface area contributed by atoms with Gasteiger partial charge in [0.05, 0.1) is 13.2 Å². The number of hydrogen-bond acceptors (Lipinski definition) is 2. The van der Waals surface area contributed by atoms with Crippen LogP contribution in [0, 0.1) is 0 Å². The zero-order valence-electron chi connectivity index (χ0n) is 7.59. The first-order valence-corrected chi connectivity index (χ1v) is 5.09. The first kappa shape index (κ1) is 10.5. The minimum atomic E-state index is 0.0124. The van der Waals surface area contributed by atoms with Crippen molar-refractivity contribution in [2.24, 2.45) is 0 Å². The minimum Gasteiger partial charge on any atom is -0.493 e. The Hall–Kier alpha value is -0.540. The summed E-state index contributed by atoms with van der Waals surface area (Å²) in [6.07, 6.45) is 0.973. The fourth-order valence-corrected chi connectivity index (χ4v) is 1.43. The van der Waals surface area contributed by atoms with Crippen molar-refractivity contribution in [1.29, 1.82) is 0 Å². The summed E-state index contributed by atoms with van der Waals surface area (Å²) in [5.74, 6) is 0.771. The molecule has 0 aliphatic carbocycles. The van der Waals surface area contributed by atoms with E-state index in [1.54, 1.807) is 0 Å². The molecule has 1 rings (SSSR count). The van der Waals surface area contributed by atoms with Crippen molar-refractivity contribution >= 4 is 15.9 Å². The third kappa shape index (κ3) is 3.01. The molecular weight excluding hydrogens is 232 g/mol. The van der Waals surface area contributed by atoms with Crippen molar-refractivity contribution in [3.8, 4) is 5.75 Å². The second-order valence-electron chi connectivity index (χ2n) is 2.76. The third-order valence-corrected chi connectivity index (χ3v) is 2.15. The number of hydrogen-bond donors (Lipinski definition) is 1. The van der Waals surface area contributed by atoms with Gasteiger partial charge in [-0.15, -0.1) is 0 Å². The Morgan fingerprint density at radius 3 is 2.85 bits per heavy atom. The number of halogens is 1. The molecular formula is C10H13BrO2. The summed E-state index contributed by atoms with van der Waals surface area (Å²) >= 11 is 3.34. The molecule has 0 saturated carbocycles. The molecule has 13 heavy (non-hydrogen) atoms.